The van der Waals surface area contributed by atoms with E-state index in [1.54, 1.807) is 18.0 Å². The van der Waals surface area contributed by atoms with Gasteiger partial charge in [0.15, 0.2) is 0 Å². The summed E-state index contributed by atoms with van der Waals surface area (Å²) in [4.78, 5) is 0. The summed E-state index contributed by atoms with van der Waals surface area (Å²) >= 11 is 1.59. The third kappa shape index (κ3) is 5.91. The van der Waals surface area contributed by atoms with Crippen LogP contribution < -0.4 is 4.72 Å². The second-order valence-corrected chi connectivity index (χ2v) is 7.32. The summed E-state index contributed by atoms with van der Waals surface area (Å²) < 4.78 is 44.1. The maximum atomic E-state index is 12.7. The Bertz CT molecular complexity index is 639. The minimum atomic E-state index is -3.39. The summed E-state index contributed by atoms with van der Waals surface area (Å²) in [5.74, 6) is 1.72. The molecule has 114 valence electrons. The SMILES string of the molecule is O=S(=O)(Cc1ccc(F)cc1)NCCSCc1ccco1. The predicted octanol–water partition coefficient (Wildman–Crippen LogP) is 2.77. The van der Waals surface area contributed by atoms with E-state index in [0.717, 1.165) is 5.76 Å². The number of sulfonamides is 1. The van der Waals surface area contributed by atoms with E-state index in [9.17, 15) is 12.8 Å². The van der Waals surface area contributed by atoms with Crippen LogP contribution in [0.25, 0.3) is 0 Å². The van der Waals surface area contributed by atoms with Gasteiger partial charge in [0.1, 0.15) is 11.6 Å². The molecule has 4 nitrogen and oxygen atoms in total. The van der Waals surface area contributed by atoms with E-state index in [-0.39, 0.29) is 11.6 Å². The molecule has 2 aromatic rings. The first kappa shape index (κ1) is 16.1. The van der Waals surface area contributed by atoms with E-state index in [1.807, 2.05) is 12.1 Å². The van der Waals surface area contributed by atoms with E-state index in [4.69, 9.17) is 4.42 Å². The van der Waals surface area contributed by atoms with Crippen molar-refractivity contribution in [2.45, 2.75) is 11.5 Å². The molecule has 21 heavy (non-hydrogen) atoms. The van der Waals surface area contributed by atoms with Gasteiger partial charge in [-0.2, -0.15) is 11.8 Å². The summed E-state index contributed by atoms with van der Waals surface area (Å²) in [7, 11) is -3.39. The van der Waals surface area contributed by atoms with Crippen molar-refractivity contribution >= 4 is 21.8 Å². The van der Waals surface area contributed by atoms with Crippen LogP contribution in [0.15, 0.2) is 47.1 Å². The molecular formula is C14H16FNO3S2. The van der Waals surface area contributed by atoms with Crippen LogP contribution in [0, 0.1) is 5.82 Å². The summed E-state index contributed by atoms with van der Waals surface area (Å²) in [6.07, 6.45) is 1.61. The second-order valence-electron chi connectivity index (χ2n) is 4.41. The third-order valence-electron chi connectivity index (χ3n) is 2.66. The number of hydrogen-bond donors (Lipinski definition) is 1. The van der Waals surface area contributed by atoms with Crippen molar-refractivity contribution in [3.8, 4) is 0 Å². The molecule has 1 N–H and O–H groups in total. The maximum Gasteiger partial charge on any atom is 0.215 e. The van der Waals surface area contributed by atoms with Crippen LogP contribution >= 0.6 is 11.8 Å². The lowest BCUT2D eigenvalue weighted by molar-refractivity contribution is 0.530. The monoisotopic (exact) mass is 329 g/mol. The van der Waals surface area contributed by atoms with E-state index in [0.29, 0.717) is 23.6 Å². The molecule has 0 bridgehead atoms. The molecule has 0 aliphatic rings. The highest BCUT2D eigenvalue weighted by Gasteiger charge is 2.10. The highest BCUT2D eigenvalue weighted by atomic mass is 32.2. The van der Waals surface area contributed by atoms with Crippen LogP contribution in [-0.2, 0) is 21.5 Å². The summed E-state index contributed by atoms with van der Waals surface area (Å²) in [5.41, 5.74) is 0.562. The van der Waals surface area contributed by atoms with Gasteiger partial charge in [-0.15, -0.1) is 0 Å². The minimum Gasteiger partial charge on any atom is -0.468 e. The van der Waals surface area contributed by atoms with Gasteiger partial charge in [0.25, 0.3) is 0 Å². The van der Waals surface area contributed by atoms with Crippen molar-refractivity contribution in [3.63, 3.8) is 0 Å². The molecule has 0 aliphatic carbocycles. The van der Waals surface area contributed by atoms with Crippen LogP contribution in [-0.4, -0.2) is 20.7 Å². The van der Waals surface area contributed by atoms with Gasteiger partial charge in [-0.1, -0.05) is 12.1 Å². The molecule has 7 heteroatoms. The highest BCUT2D eigenvalue weighted by Crippen LogP contribution is 2.12. The van der Waals surface area contributed by atoms with Crippen LogP contribution in [0.1, 0.15) is 11.3 Å². The first-order chi connectivity index (χ1) is 10.1. The Morgan fingerprint density at radius 2 is 1.95 bits per heavy atom. The lowest BCUT2D eigenvalue weighted by atomic mass is 10.2. The molecule has 0 saturated carbocycles. The molecule has 0 aliphatic heterocycles. The number of nitrogens with one attached hydrogen (secondary N) is 1. The number of halogens is 1. The van der Waals surface area contributed by atoms with Crippen molar-refractivity contribution < 1.29 is 17.2 Å². The van der Waals surface area contributed by atoms with Crippen molar-refractivity contribution in [2.75, 3.05) is 12.3 Å². The van der Waals surface area contributed by atoms with Gasteiger partial charge in [0.05, 0.1) is 17.8 Å². The second kappa shape index (κ2) is 7.63. The summed E-state index contributed by atoms with van der Waals surface area (Å²) in [6, 6.07) is 9.15. The Labute approximate surface area is 127 Å². The van der Waals surface area contributed by atoms with Gasteiger partial charge in [-0.25, -0.2) is 17.5 Å². The Hall–Kier alpha value is -1.31. The molecule has 1 heterocycles. The number of hydrogen-bond acceptors (Lipinski definition) is 4. The van der Waals surface area contributed by atoms with Gasteiger partial charge in [0, 0.05) is 12.3 Å². The third-order valence-corrected chi connectivity index (χ3v) is 5.00. The van der Waals surface area contributed by atoms with Gasteiger partial charge >= 0.3 is 0 Å². The first-order valence-electron chi connectivity index (χ1n) is 6.37. The van der Waals surface area contributed by atoms with Gasteiger partial charge in [0.2, 0.25) is 10.0 Å². The largest absolute Gasteiger partial charge is 0.468 e. The van der Waals surface area contributed by atoms with Crippen LogP contribution in [0.4, 0.5) is 4.39 Å². The molecule has 0 amide bonds. The molecule has 1 aromatic heterocycles. The minimum absolute atomic E-state index is 0.143. The van der Waals surface area contributed by atoms with E-state index in [2.05, 4.69) is 4.72 Å². The predicted molar refractivity (Wildman–Crippen MR) is 81.9 cm³/mol. The van der Waals surface area contributed by atoms with Gasteiger partial charge < -0.3 is 4.42 Å². The molecule has 0 saturated heterocycles. The van der Waals surface area contributed by atoms with Crippen molar-refractivity contribution in [2.24, 2.45) is 0 Å². The van der Waals surface area contributed by atoms with E-state index in [1.165, 1.54) is 24.3 Å². The number of rotatable bonds is 8. The molecule has 0 radical (unpaired) electrons. The molecule has 0 unspecified atom stereocenters. The maximum absolute atomic E-state index is 12.7. The van der Waals surface area contributed by atoms with Crippen molar-refractivity contribution in [1.82, 2.24) is 4.72 Å². The van der Waals surface area contributed by atoms with Crippen molar-refractivity contribution in [3.05, 3.63) is 59.8 Å². The molecule has 0 spiro atoms. The standard InChI is InChI=1S/C14H16FNO3S2/c15-13-5-3-12(4-6-13)11-21(17,18)16-7-9-20-10-14-2-1-8-19-14/h1-6,8,16H,7,9-11H2. The summed E-state index contributed by atoms with van der Waals surface area (Å²) in [6.45, 7) is 0.356. The van der Waals surface area contributed by atoms with E-state index < -0.39 is 10.0 Å². The molecule has 1 aromatic carbocycles. The highest BCUT2D eigenvalue weighted by molar-refractivity contribution is 7.98. The Morgan fingerprint density at radius 3 is 2.62 bits per heavy atom. The van der Waals surface area contributed by atoms with Gasteiger partial charge in [-0.05, 0) is 29.8 Å². The van der Waals surface area contributed by atoms with Crippen LogP contribution in [0.3, 0.4) is 0 Å². The van der Waals surface area contributed by atoms with E-state index >= 15 is 0 Å². The zero-order valence-corrected chi connectivity index (χ0v) is 12.9. The van der Waals surface area contributed by atoms with Gasteiger partial charge in [-0.3, -0.25) is 0 Å². The fourth-order valence-corrected chi connectivity index (χ4v) is 3.72. The molecule has 2 rings (SSSR count). The molecule has 0 atom stereocenters. The Morgan fingerprint density at radius 1 is 1.19 bits per heavy atom. The average molecular weight is 329 g/mol. The zero-order valence-electron chi connectivity index (χ0n) is 11.3. The lowest BCUT2D eigenvalue weighted by Crippen LogP contribution is -2.27. The number of furan rings is 1. The molecular weight excluding hydrogens is 313 g/mol. The Balaban J connectivity index is 1.70. The topological polar surface area (TPSA) is 59.3 Å². The quantitative estimate of drug-likeness (QED) is 0.757. The number of thioether (sulfide) groups is 1. The average Bonchev–Trinajstić information content (AvgIpc) is 2.94. The van der Waals surface area contributed by atoms with Crippen LogP contribution in [0.2, 0.25) is 0 Å². The van der Waals surface area contributed by atoms with Crippen molar-refractivity contribution in [1.29, 1.82) is 0 Å². The van der Waals surface area contributed by atoms with Crippen LogP contribution in [0.5, 0.6) is 0 Å². The first-order valence-corrected chi connectivity index (χ1v) is 9.18. The zero-order chi connectivity index (χ0) is 15.1. The lowest BCUT2D eigenvalue weighted by Gasteiger charge is -2.06. The fraction of sp³-hybridized carbons (Fsp3) is 0.286. The summed E-state index contributed by atoms with van der Waals surface area (Å²) in [5, 5.41) is 0. The molecule has 0 fully saturated rings. The Kier molecular flexibility index (Phi) is 5.84. The normalized spacial score (nSPS) is 11.7. The number of benzene rings is 1. The fourth-order valence-electron chi connectivity index (χ4n) is 1.69. The smallest absolute Gasteiger partial charge is 0.215 e.